The second kappa shape index (κ2) is 4.05. The number of hydrogen-bond acceptors (Lipinski definition) is 3. The summed E-state index contributed by atoms with van der Waals surface area (Å²) in [6.07, 6.45) is -0.742. The van der Waals surface area contributed by atoms with Crippen LogP contribution in [0, 0.1) is 11.1 Å². The molecule has 0 fully saturated rings. The molecule has 0 aliphatic heterocycles. The number of hydroxylamine groups is 1. The van der Waals surface area contributed by atoms with E-state index >= 15 is 0 Å². The normalized spacial score (nSPS) is 15.8. The molecule has 2 N–H and O–H groups in total. The molecule has 5 heteroatoms. The van der Waals surface area contributed by atoms with Gasteiger partial charge in [0.25, 0.3) is 0 Å². The zero-order valence-electron chi connectivity index (χ0n) is 6.06. The van der Waals surface area contributed by atoms with Crippen LogP contribution in [0.25, 0.3) is 0 Å². The maximum Gasteiger partial charge on any atom is 0.210 e. The number of aliphatic hydroxyl groups is 1. The van der Waals surface area contributed by atoms with E-state index < -0.39 is 6.10 Å². The maximum absolute atomic E-state index is 10.3. The van der Waals surface area contributed by atoms with E-state index in [1.54, 1.807) is 13.8 Å². The summed E-state index contributed by atoms with van der Waals surface area (Å²) >= 11 is 0. The lowest BCUT2D eigenvalue weighted by Crippen LogP contribution is -2.25. The first-order valence-corrected chi connectivity index (χ1v) is 3.05. The fourth-order valence-electron chi connectivity index (χ4n) is 0.407. The zero-order valence-corrected chi connectivity index (χ0v) is 6.06. The van der Waals surface area contributed by atoms with Crippen LogP contribution in [-0.4, -0.2) is 27.8 Å². The van der Waals surface area contributed by atoms with E-state index in [0.29, 0.717) is 0 Å². The minimum atomic E-state index is -0.742. The van der Waals surface area contributed by atoms with Gasteiger partial charge in [-0.3, -0.25) is 0 Å². The highest BCUT2D eigenvalue weighted by Crippen LogP contribution is 2.00. The topological polar surface area (TPSA) is 78.9 Å². The Bertz CT molecular complexity index is 124. The Morgan fingerprint density at radius 1 is 1.60 bits per heavy atom. The lowest BCUT2D eigenvalue weighted by atomic mass is 10.1. The molecule has 0 aliphatic carbocycles. The highest BCUT2D eigenvalue weighted by atomic mass is 16.6. The van der Waals surface area contributed by atoms with E-state index in [2.05, 4.69) is 5.28 Å². The van der Waals surface area contributed by atoms with Crippen LogP contribution in [0.4, 0.5) is 0 Å². The summed E-state index contributed by atoms with van der Waals surface area (Å²) in [7, 11) is 0. The average Bonchev–Trinajstić information content (AvgIpc) is 1.87. The molecule has 0 saturated carbocycles. The molecule has 10 heavy (non-hydrogen) atoms. The van der Waals surface area contributed by atoms with E-state index in [1.807, 2.05) is 0 Å². The fourth-order valence-corrected chi connectivity index (χ4v) is 0.407. The van der Waals surface area contributed by atoms with E-state index in [0.717, 1.165) is 0 Å². The molecule has 1 atom stereocenters. The molecule has 0 bridgehead atoms. The second-order valence-corrected chi connectivity index (χ2v) is 2.44. The summed E-state index contributed by atoms with van der Waals surface area (Å²) in [5.74, 6) is -0.00167. The molecule has 1 unspecified atom stereocenters. The van der Waals surface area contributed by atoms with Gasteiger partial charge in [-0.05, 0) is 5.92 Å². The molecule has 0 saturated heterocycles. The first-order valence-electron chi connectivity index (χ1n) is 3.05. The van der Waals surface area contributed by atoms with Crippen molar-refractivity contribution in [2.24, 2.45) is 11.2 Å². The lowest BCUT2D eigenvalue weighted by molar-refractivity contribution is -0.564. The van der Waals surface area contributed by atoms with Crippen LogP contribution in [0.5, 0.6) is 0 Å². The minimum Gasteiger partial charge on any atom is -0.597 e. The highest BCUT2D eigenvalue weighted by molar-refractivity contribution is 4.55. The van der Waals surface area contributed by atoms with Crippen molar-refractivity contribution in [1.29, 1.82) is 0 Å². The summed E-state index contributed by atoms with van der Waals surface area (Å²) < 4.78 is 0. The third-order valence-corrected chi connectivity index (χ3v) is 1.21. The van der Waals surface area contributed by atoms with Gasteiger partial charge in [0.15, 0.2) is 5.28 Å². The van der Waals surface area contributed by atoms with Crippen molar-refractivity contribution in [2.75, 3.05) is 6.54 Å². The van der Waals surface area contributed by atoms with Gasteiger partial charge in [-0.25, -0.2) is 0 Å². The largest absolute Gasteiger partial charge is 0.597 e. The smallest absolute Gasteiger partial charge is 0.210 e. The van der Waals surface area contributed by atoms with Crippen LogP contribution < -0.4 is 0 Å². The van der Waals surface area contributed by atoms with E-state index in [4.69, 9.17) is 10.3 Å². The summed E-state index contributed by atoms with van der Waals surface area (Å²) in [6.45, 7) is 3.36. The Hall–Kier alpha value is -0.840. The van der Waals surface area contributed by atoms with Crippen molar-refractivity contribution in [3.63, 3.8) is 0 Å². The number of aliphatic hydroxyl groups excluding tert-OH is 1. The maximum atomic E-state index is 10.3. The first-order chi connectivity index (χ1) is 4.57. The third kappa shape index (κ3) is 3.24. The van der Waals surface area contributed by atoms with Crippen molar-refractivity contribution in [3.05, 3.63) is 5.21 Å². The van der Waals surface area contributed by atoms with E-state index in [1.165, 1.54) is 0 Å². The minimum absolute atomic E-state index is 0.00167. The molecule has 0 amide bonds. The van der Waals surface area contributed by atoms with Gasteiger partial charge in [0.2, 0.25) is 6.54 Å². The number of rotatable bonds is 3. The summed E-state index contributed by atoms with van der Waals surface area (Å²) in [5.41, 5.74) is 0. The lowest BCUT2D eigenvalue weighted by Gasteiger charge is -2.10. The Morgan fingerprint density at radius 3 is 2.40 bits per heavy atom. The van der Waals surface area contributed by atoms with Crippen molar-refractivity contribution in [3.8, 4) is 0 Å². The van der Waals surface area contributed by atoms with Crippen LogP contribution >= 0.6 is 0 Å². The summed E-state index contributed by atoms with van der Waals surface area (Å²) in [4.78, 5) is 0.0463. The van der Waals surface area contributed by atoms with E-state index in [9.17, 15) is 5.21 Å². The molecule has 0 rings (SSSR count). The monoisotopic (exact) mass is 148 g/mol. The Morgan fingerprint density at radius 2 is 2.10 bits per heavy atom. The zero-order chi connectivity index (χ0) is 8.15. The Labute approximate surface area is 59.1 Å². The average molecular weight is 148 g/mol. The molecule has 0 aromatic rings. The van der Waals surface area contributed by atoms with E-state index in [-0.39, 0.29) is 17.3 Å². The molecule has 0 radical (unpaired) electrons. The van der Waals surface area contributed by atoms with Crippen molar-refractivity contribution in [2.45, 2.75) is 20.0 Å². The van der Waals surface area contributed by atoms with Crippen LogP contribution in [0.3, 0.4) is 0 Å². The quantitative estimate of drug-likeness (QED) is 0.344. The molecule has 0 spiro atoms. The molecule has 0 aromatic carbocycles. The SMILES string of the molecule is CC(C)C(O)C[N+]([O-])=NO. The molecule has 0 aromatic heterocycles. The van der Waals surface area contributed by atoms with Gasteiger partial charge in [-0.1, -0.05) is 18.7 Å². The van der Waals surface area contributed by atoms with Crippen LogP contribution in [0.1, 0.15) is 13.8 Å². The first kappa shape index (κ1) is 9.16. The summed E-state index contributed by atoms with van der Waals surface area (Å²) in [6, 6.07) is 0. The number of nitrogens with zero attached hydrogens (tertiary/aromatic N) is 2. The molecule has 5 nitrogen and oxygen atoms in total. The van der Waals surface area contributed by atoms with Crippen molar-refractivity contribution >= 4 is 0 Å². The second-order valence-electron chi connectivity index (χ2n) is 2.44. The highest BCUT2D eigenvalue weighted by Gasteiger charge is 2.13. The Balaban J connectivity index is 3.68. The molecule has 0 aliphatic rings. The van der Waals surface area contributed by atoms with Crippen LogP contribution in [-0.2, 0) is 0 Å². The fraction of sp³-hybridized carbons (Fsp3) is 1.00. The molecule has 0 heterocycles. The van der Waals surface area contributed by atoms with Crippen LogP contribution in [0.15, 0.2) is 5.28 Å². The van der Waals surface area contributed by atoms with Gasteiger partial charge < -0.3 is 15.5 Å². The van der Waals surface area contributed by atoms with Crippen molar-refractivity contribution in [1.82, 2.24) is 0 Å². The Kier molecular flexibility index (Phi) is 3.71. The van der Waals surface area contributed by atoms with Gasteiger partial charge in [-0.2, -0.15) is 0 Å². The predicted molar refractivity (Wildman–Crippen MR) is 33.6 cm³/mol. The van der Waals surface area contributed by atoms with Gasteiger partial charge in [0, 0.05) is 0 Å². The van der Waals surface area contributed by atoms with Gasteiger partial charge in [0.1, 0.15) is 6.10 Å². The molecular weight excluding hydrogens is 136 g/mol. The predicted octanol–water partition coefficient (Wildman–Crippen LogP) is 0.355. The standard InChI is InChI=1S/C5H12N2O3/c1-4(2)5(8)3-7(10)6-9/h4-5,8-9H,3H2,1-2H3. The molecule has 60 valence electrons. The van der Waals surface area contributed by atoms with Gasteiger partial charge >= 0.3 is 0 Å². The number of hydrogen-bond donors (Lipinski definition) is 2. The van der Waals surface area contributed by atoms with Gasteiger partial charge in [-0.15, -0.1) is 0 Å². The molecular formula is C5H12N2O3. The third-order valence-electron chi connectivity index (χ3n) is 1.21. The van der Waals surface area contributed by atoms with Crippen molar-refractivity contribution < 1.29 is 15.2 Å². The van der Waals surface area contributed by atoms with Gasteiger partial charge in [0.05, 0.1) is 0 Å². The van der Waals surface area contributed by atoms with Crippen LogP contribution in [0.2, 0.25) is 0 Å². The summed E-state index contributed by atoms with van der Waals surface area (Å²) in [5, 5.41) is 29.5.